The molecule has 1 aliphatic heterocycles. The minimum Gasteiger partial charge on any atom is -0.263 e. The van der Waals surface area contributed by atoms with E-state index < -0.39 is 0 Å². The predicted molar refractivity (Wildman–Crippen MR) is 43.2 cm³/mol. The Bertz CT molecular complexity index is 156. The van der Waals surface area contributed by atoms with E-state index in [-0.39, 0.29) is 0 Å². The van der Waals surface area contributed by atoms with Crippen LogP contribution in [-0.4, -0.2) is 36.9 Å². The van der Waals surface area contributed by atoms with Crippen LogP contribution in [0.5, 0.6) is 0 Å². The van der Waals surface area contributed by atoms with Gasteiger partial charge in [0.15, 0.2) is 13.0 Å². The van der Waals surface area contributed by atoms with Crippen LogP contribution in [0.2, 0.25) is 0 Å². The molecule has 1 rings (SSSR count). The lowest BCUT2D eigenvalue weighted by molar-refractivity contribution is -0.831. The van der Waals surface area contributed by atoms with Gasteiger partial charge < -0.3 is 0 Å². The zero-order chi connectivity index (χ0) is 7.45. The van der Waals surface area contributed by atoms with E-state index in [4.69, 9.17) is 0 Å². The van der Waals surface area contributed by atoms with Gasteiger partial charge in [0.2, 0.25) is 0 Å². The van der Waals surface area contributed by atoms with Crippen LogP contribution in [-0.2, 0) is 0 Å². The number of quaternary nitrogens is 1. The molecule has 3 heteroatoms. The minimum atomic E-state index is 0.858. The molecule has 3 nitrogen and oxygen atoms in total. The summed E-state index contributed by atoms with van der Waals surface area (Å²) >= 11 is 0. The first-order valence-electron chi connectivity index (χ1n) is 3.71. The Morgan fingerprint density at radius 3 is 2.40 bits per heavy atom. The maximum Gasteiger partial charge on any atom is 0.192 e. The zero-order valence-electron chi connectivity index (χ0n) is 6.62. The molecule has 0 aromatic carbocycles. The molecule has 0 atom stereocenters. The van der Waals surface area contributed by atoms with Crippen molar-refractivity contribution >= 4 is 12.7 Å². The molecule has 0 fully saturated rings. The third-order valence-corrected chi connectivity index (χ3v) is 2.08. The highest BCUT2D eigenvalue weighted by Crippen LogP contribution is 2.04. The smallest absolute Gasteiger partial charge is 0.192 e. The molecule has 0 saturated heterocycles. The van der Waals surface area contributed by atoms with Crippen LogP contribution < -0.4 is 0 Å². The standard InChI is InChI=1S/C7H14N3/c1-3-10(4-2)6-8-5-9-7-10/h5-6H,3-4,7H2,1-2H3/q+1. The molecule has 0 amide bonds. The molecular formula is C7H14N3+. The second kappa shape index (κ2) is 2.92. The van der Waals surface area contributed by atoms with Gasteiger partial charge in [-0.1, -0.05) is 0 Å². The Morgan fingerprint density at radius 1 is 1.40 bits per heavy atom. The van der Waals surface area contributed by atoms with Crippen LogP contribution in [0, 0.1) is 0 Å². The Hall–Kier alpha value is -0.700. The Balaban J connectivity index is 2.66. The second-order valence-corrected chi connectivity index (χ2v) is 2.56. The van der Waals surface area contributed by atoms with E-state index in [0.29, 0.717) is 0 Å². The molecule has 0 aromatic rings. The van der Waals surface area contributed by atoms with Crippen LogP contribution in [0.1, 0.15) is 13.8 Å². The first-order chi connectivity index (χ1) is 4.83. The van der Waals surface area contributed by atoms with E-state index >= 15 is 0 Å². The fourth-order valence-electron chi connectivity index (χ4n) is 1.04. The van der Waals surface area contributed by atoms with Crippen molar-refractivity contribution in [3.63, 3.8) is 0 Å². The molecule has 0 radical (unpaired) electrons. The number of nitrogens with zero attached hydrogens (tertiary/aromatic N) is 3. The third kappa shape index (κ3) is 1.24. The lowest BCUT2D eigenvalue weighted by Gasteiger charge is -2.30. The quantitative estimate of drug-likeness (QED) is 0.508. The Kier molecular flexibility index (Phi) is 2.17. The average Bonchev–Trinajstić information content (AvgIpc) is 2.06. The average molecular weight is 140 g/mol. The second-order valence-electron chi connectivity index (χ2n) is 2.56. The SMILES string of the molecule is CC[N+]1(CC)C=NC=NC1. The van der Waals surface area contributed by atoms with Gasteiger partial charge >= 0.3 is 0 Å². The Labute approximate surface area is 61.7 Å². The van der Waals surface area contributed by atoms with Gasteiger partial charge in [-0.05, 0) is 13.8 Å². The predicted octanol–water partition coefficient (Wildman–Crippen LogP) is 0.871. The maximum absolute atomic E-state index is 4.12. The van der Waals surface area contributed by atoms with Crippen LogP contribution in [0.15, 0.2) is 9.98 Å². The van der Waals surface area contributed by atoms with Crippen molar-refractivity contribution in [1.82, 2.24) is 0 Å². The summed E-state index contributed by atoms with van der Waals surface area (Å²) in [5.74, 6) is 0. The molecule has 1 aliphatic rings. The van der Waals surface area contributed by atoms with Crippen molar-refractivity contribution in [1.29, 1.82) is 0 Å². The molecule has 0 aliphatic carbocycles. The molecule has 0 aromatic heterocycles. The highest BCUT2D eigenvalue weighted by Gasteiger charge is 2.21. The van der Waals surface area contributed by atoms with Gasteiger partial charge in [-0.15, -0.1) is 0 Å². The van der Waals surface area contributed by atoms with Crippen LogP contribution >= 0.6 is 0 Å². The van der Waals surface area contributed by atoms with Crippen molar-refractivity contribution in [2.24, 2.45) is 9.98 Å². The maximum atomic E-state index is 4.12. The summed E-state index contributed by atoms with van der Waals surface area (Å²) in [6, 6.07) is 0. The summed E-state index contributed by atoms with van der Waals surface area (Å²) in [5.41, 5.74) is 0. The Morgan fingerprint density at radius 2 is 2.10 bits per heavy atom. The van der Waals surface area contributed by atoms with Gasteiger partial charge in [-0.25, -0.2) is 4.99 Å². The third-order valence-electron chi connectivity index (χ3n) is 2.08. The topological polar surface area (TPSA) is 24.7 Å². The number of aliphatic imine (C=N–C) groups is 2. The largest absolute Gasteiger partial charge is 0.263 e. The summed E-state index contributed by atoms with van der Waals surface area (Å²) < 4.78 is 0.899. The van der Waals surface area contributed by atoms with Crippen molar-refractivity contribution in [3.05, 3.63) is 0 Å². The van der Waals surface area contributed by atoms with Crippen molar-refractivity contribution in [3.8, 4) is 0 Å². The van der Waals surface area contributed by atoms with Crippen LogP contribution in [0.3, 0.4) is 0 Å². The molecule has 0 N–H and O–H groups in total. The summed E-state index contributed by atoms with van der Waals surface area (Å²) in [5, 5.41) is 0. The first-order valence-corrected chi connectivity index (χ1v) is 3.71. The monoisotopic (exact) mass is 140 g/mol. The number of hydrogen-bond acceptors (Lipinski definition) is 2. The molecule has 1 heterocycles. The van der Waals surface area contributed by atoms with Gasteiger partial charge in [0.05, 0.1) is 13.1 Å². The fourth-order valence-corrected chi connectivity index (χ4v) is 1.04. The van der Waals surface area contributed by atoms with E-state index in [1.54, 1.807) is 6.34 Å². The first kappa shape index (κ1) is 7.41. The highest BCUT2D eigenvalue weighted by molar-refractivity contribution is 5.68. The fraction of sp³-hybridized carbons (Fsp3) is 0.714. The van der Waals surface area contributed by atoms with E-state index in [9.17, 15) is 0 Å². The van der Waals surface area contributed by atoms with Gasteiger partial charge in [-0.3, -0.25) is 4.48 Å². The van der Waals surface area contributed by atoms with Gasteiger partial charge in [-0.2, -0.15) is 4.99 Å². The van der Waals surface area contributed by atoms with Crippen molar-refractivity contribution < 1.29 is 4.48 Å². The minimum absolute atomic E-state index is 0.858. The lowest BCUT2D eigenvalue weighted by Crippen LogP contribution is -2.47. The molecule has 0 saturated carbocycles. The van der Waals surface area contributed by atoms with Gasteiger partial charge in [0.25, 0.3) is 0 Å². The van der Waals surface area contributed by atoms with Crippen LogP contribution in [0.25, 0.3) is 0 Å². The molecule has 0 bridgehead atoms. The lowest BCUT2D eigenvalue weighted by atomic mass is 10.4. The van der Waals surface area contributed by atoms with E-state index in [1.807, 2.05) is 6.34 Å². The number of rotatable bonds is 2. The van der Waals surface area contributed by atoms with Gasteiger partial charge in [0.1, 0.15) is 6.34 Å². The number of hydrogen-bond donors (Lipinski definition) is 0. The molecule has 0 unspecified atom stereocenters. The summed E-state index contributed by atoms with van der Waals surface area (Å²) in [7, 11) is 0. The van der Waals surface area contributed by atoms with E-state index in [0.717, 1.165) is 24.2 Å². The molecule has 0 spiro atoms. The normalized spacial score (nSPS) is 21.4. The van der Waals surface area contributed by atoms with Crippen LogP contribution in [0.4, 0.5) is 0 Å². The summed E-state index contributed by atoms with van der Waals surface area (Å²) in [4.78, 5) is 8.15. The van der Waals surface area contributed by atoms with E-state index in [1.165, 1.54) is 0 Å². The van der Waals surface area contributed by atoms with Crippen molar-refractivity contribution in [2.75, 3.05) is 19.8 Å². The van der Waals surface area contributed by atoms with E-state index in [2.05, 4.69) is 23.8 Å². The zero-order valence-corrected chi connectivity index (χ0v) is 6.62. The summed E-state index contributed by atoms with van der Waals surface area (Å²) in [6.45, 7) is 7.35. The van der Waals surface area contributed by atoms with Crippen molar-refractivity contribution in [2.45, 2.75) is 13.8 Å². The molecular weight excluding hydrogens is 126 g/mol. The van der Waals surface area contributed by atoms with Gasteiger partial charge in [0, 0.05) is 0 Å². The molecule has 56 valence electrons. The highest BCUT2D eigenvalue weighted by atomic mass is 15.4. The summed E-state index contributed by atoms with van der Waals surface area (Å²) in [6.07, 6.45) is 3.61. The molecule has 10 heavy (non-hydrogen) atoms.